The van der Waals surface area contributed by atoms with Gasteiger partial charge < -0.3 is 5.32 Å². The highest BCUT2D eigenvalue weighted by Gasteiger charge is 2.11. The summed E-state index contributed by atoms with van der Waals surface area (Å²) in [5, 5.41) is 3.14. The smallest absolute Gasteiger partial charge is 0.151 e. The SMILES string of the molecule is CCCCNCCS(=O)(=O)CC(C)C. The monoisotopic (exact) mass is 221 g/mol. The van der Waals surface area contributed by atoms with Crippen molar-refractivity contribution >= 4 is 9.84 Å². The summed E-state index contributed by atoms with van der Waals surface area (Å²) in [7, 11) is -2.83. The van der Waals surface area contributed by atoms with Gasteiger partial charge in [0.05, 0.1) is 11.5 Å². The predicted molar refractivity (Wildman–Crippen MR) is 61.3 cm³/mol. The van der Waals surface area contributed by atoms with Crippen LogP contribution in [-0.2, 0) is 9.84 Å². The van der Waals surface area contributed by atoms with Gasteiger partial charge in [-0.25, -0.2) is 8.42 Å². The van der Waals surface area contributed by atoms with Gasteiger partial charge in [0.25, 0.3) is 0 Å². The van der Waals surface area contributed by atoms with E-state index in [4.69, 9.17) is 0 Å². The fourth-order valence-corrected chi connectivity index (χ4v) is 2.88. The van der Waals surface area contributed by atoms with E-state index in [1.165, 1.54) is 0 Å². The molecule has 0 aromatic rings. The van der Waals surface area contributed by atoms with Crippen LogP contribution in [0, 0.1) is 5.92 Å². The molecule has 0 heterocycles. The van der Waals surface area contributed by atoms with Crippen molar-refractivity contribution in [3.05, 3.63) is 0 Å². The fourth-order valence-electron chi connectivity index (χ4n) is 1.25. The van der Waals surface area contributed by atoms with Crippen molar-refractivity contribution in [1.82, 2.24) is 5.32 Å². The van der Waals surface area contributed by atoms with Crippen LogP contribution in [0.15, 0.2) is 0 Å². The molecule has 0 aromatic carbocycles. The van der Waals surface area contributed by atoms with E-state index in [1.807, 2.05) is 13.8 Å². The first-order valence-corrected chi connectivity index (χ1v) is 7.21. The molecule has 0 aromatic heterocycles. The van der Waals surface area contributed by atoms with E-state index < -0.39 is 9.84 Å². The lowest BCUT2D eigenvalue weighted by molar-refractivity contribution is 0.576. The van der Waals surface area contributed by atoms with Gasteiger partial charge >= 0.3 is 0 Å². The third kappa shape index (κ3) is 8.51. The summed E-state index contributed by atoms with van der Waals surface area (Å²) >= 11 is 0. The molecule has 0 aliphatic heterocycles. The first-order valence-electron chi connectivity index (χ1n) is 5.39. The number of hydrogen-bond acceptors (Lipinski definition) is 3. The van der Waals surface area contributed by atoms with Crippen molar-refractivity contribution in [2.45, 2.75) is 33.6 Å². The standard InChI is InChI=1S/C10H23NO2S/c1-4-5-6-11-7-8-14(12,13)9-10(2)3/h10-11H,4-9H2,1-3H3. The Hall–Kier alpha value is -0.0900. The Morgan fingerprint density at radius 2 is 1.86 bits per heavy atom. The molecule has 0 unspecified atom stereocenters. The highest BCUT2D eigenvalue weighted by atomic mass is 32.2. The Bertz CT molecular complexity index is 222. The van der Waals surface area contributed by atoms with Gasteiger partial charge in [0, 0.05) is 6.54 Å². The number of sulfone groups is 1. The van der Waals surface area contributed by atoms with Crippen molar-refractivity contribution in [3.8, 4) is 0 Å². The van der Waals surface area contributed by atoms with E-state index in [1.54, 1.807) is 0 Å². The molecule has 0 aliphatic rings. The van der Waals surface area contributed by atoms with Gasteiger partial charge in [0.15, 0.2) is 9.84 Å². The Balaban J connectivity index is 3.56. The molecule has 4 heteroatoms. The second-order valence-corrected chi connectivity index (χ2v) is 6.34. The lowest BCUT2D eigenvalue weighted by Crippen LogP contribution is -2.26. The second kappa shape index (κ2) is 7.23. The van der Waals surface area contributed by atoms with Crippen molar-refractivity contribution in [2.75, 3.05) is 24.6 Å². The fraction of sp³-hybridized carbons (Fsp3) is 1.00. The Morgan fingerprint density at radius 3 is 2.36 bits per heavy atom. The molecular weight excluding hydrogens is 198 g/mol. The summed E-state index contributed by atoms with van der Waals surface area (Å²) < 4.78 is 22.9. The molecule has 3 nitrogen and oxygen atoms in total. The third-order valence-electron chi connectivity index (χ3n) is 1.88. The summed E-state index contributed by atoms with van der Waals surface area (Å²) in [5.41, 5.74) is 0. The molecular formula is C10H23NO2S. The first-order chi connectivity index (χ1) is 6.48. The zero-order valence-electron chi connectivity index (χ0n) is 9.54. The summed E-state index contributed by atoms with van der Waals surface area (Å²) in [6.45, 7) is 7.50. The second-order valence-electron chi connectivity index (χ2n) is 4.11. The first kappa shape index (κ1) is 13.9. The minimum atomic E-state index is -2.83. The Labute approximate surface area is 88.2 Å². The highest BCUT2D eigenvalue weighted by molar-refractivity contribution is 7.91. The van der Waals surface area contributed by atoms with Crippen LogP contribution in [0.1, 0.15) is 33.6 Å². The van der Waals surface area contributed by atoms with E-state index in [0.717, 1.165) is 19.4 Å². The van der Waals surface area contributed by atoms with Crippen LogP contribution in [-0.4, -0.2) is 33.0 Å². The highest BCUT2D eigenvalue weighted by Crippen LogP contribution is 1.99. The van der Waals surface area contributed by atoms with Gasteiger partial charge in [-0.3, -0.25) is 0 Å². The molecule has 0 aliphatic carbocycles. The average Bonchev–Trinajstić information content (AvgIpc) is 2.01. The molecule has 0 radical (unpaired) electrons. The Kier molecular flexibility index (Phi) is 7.19. The van der Waals surface area contributed by atoms with Gasteiger partial charge in [-0.15, -0.1) is 0 Å². The minimum absolute atomic E-state index is 0.232. The van der Waals surface area contributed by atoms with E-state index in [2.05, 4.69) is 12.2 Å². The van der Waals surface area contributed by atoms with Crippen molar-refractivity contribution in [2.24, 2.45) is 5.92 Å². The van der Waals surface area contributed by atoms with Crippen LogP contribution in [0.5, 0.6) is 0 Å². The maximum atomic E-state index is 11.4. The van der Waals surface area contributed by atoms with Crippen molar-refractivity contribution < 1.29 is 8.42 Å². The van der Waals surface area contributed by atoms with E-state index in [-0.39, 0.29) is 11.7 Å². The molecule has 14 heavy (non-hydrogen) atoms. The minimum Gasteiger partial charge on any atom is -0.316 e. The van der Waals surface area contributed by atoms with Crippen LogP contribution < -0.4 is 5.32 Å². The summed E-state index contributed by atoms with van der Waals surface area (Å²) in [6, 6.07) is 0. The molecule has 0 rings (SSSR count). The summed E-state index contributed by atoms with van der Waals surface area (Å²) in [6.07, 6.45) is 2.26. The average molecular weight is 221 g/mol. The summed E-state index contributed by atoms with van der Waals surface area (Å²) in [4.78, 5) is 0. The maximum absolute atomic E-state index is 11.4. The van der Waals surface area contributed by atoms with Crippen LogP contribution in [0.25, 0.3) is 0 Å². The maximum Gasteiger partial charge on any atom is 0.151 e. The molecule has 0 amide bonds. The van der Waals surface area contributed by atoms with E-state index in [9.17, 15) is 8.42 Å². The predicted octanol–water partition coefficient (Wildman–Crippen LogP) is 1.45. The summed E-state index contributed by atoms with van der Waals surface area (Å²) in [5.74, 6) is 0.813. The number of nitrogens with one attached hydrogen (secondary N) is 1. The lowest BCUT2D eigenvalue weighted by atomic mass is 10.3. The van der Waals surface area contributed by atoms with E-state index in [0.29, 0.717) is 12.3 Å². The Morgan fingerprint density at radius 1 is 1.21 bits per heavy atom. The zero-order chi connectivity index (χ0) is 11.0. The molecule has 1 N–H and O–H groups in total. The molecule has 0 saturated heterocycles. The van der Waals surface area contributed by atoms with Gasteiger partial charge in [-0.2, -0.15) is 0 Å². The lowest BCUT2D eigenvalue weighted by Gasteiger charge is -2.07. The largest absolute Gasteiger partial charge is 0.316 e. The molecule has 0 atom stereocenters. The van der Waals surface area contributed by atoms with E-state index >= 15 is 0 Å². The van der Waals surface area contributed by atoms with Gasteiger partial charge in [-0.1, -0.05) is 27.2 Å². The number of unbranched alkanes of at least 4 members (excludes halogenated alkanes) is 1. The number of hydrogen-bond donors (Lipinski definition) is 1. The van der Waals surface area contributed by atoms with Gasteiger partial charge in [-0.05, 0) is 18.9 Å². The van der Waals surface area contributed by atoms with Gasteiger partial charge in [0.1, 0.15) is 0 Å². The topological polar surface area (TPSA) is 46.2 Å². The van der Waals surface area contributed by atoms with Crippen LogP contribution in [0.3, 0.4) is 0 Å². The normalized spacial score (nSPS) is 12.3. The van der Waals surface area contributed by atoms with Crippen molar-refractivity contribution in [1.29, 1.82) is 0 Å². The van der Waals surface area contributed by atoms with Gasteiger partial charge in [0.2, 0.25) is 0 Å². The molecule has 86 valence electrons. The molecule has 0 spiro atoms. The van der Waals surface area contributed by atoms with Crippen molar-refractivity contribution in [3.63, 3.8) is 0 Å². The quantitative estimate of drug-likeness (QED) is 0.631. The van der Waals surface area contributed by atoms with Crippen LogP contribution >= 0.6 is 0 Å². The molecule has 0 bridgehead atoms. The molecule has 0 fully saturated rings. The zero-order valence-corrected chi connectivity index (χ0v) is 10.4. The number of rotatable bonds is 8. The van der Waals surface area contributed by atoms with Crippen LogP contribution in [0.4, 0.5) is 0 Å². The third-order valence-corrected chi connectivity index (χ3v) is 3.88. The molecule has 0 saturated carbocycles. The van der Waals surface area contributed by atoms with Crippen LogP contribution in [0.2, 0.25) is 0 Å².